The van der Waals surface area contributed by atoms with Crippen molar-refractivity contribution in [2.24, 2.45) is 11.7 Å². The highest BCUT2D eigenvalue weighted by Crippen LogP contribution is 2.31. The van der Waals surface area contributed by atoms with Gasteiger partial charge < -0.3 is 20.5 Å². The molecule has 0 heterocycles. The zero-order valence-electron chi connectivity index (χ0n) is 11.7. The number of methoxy groups -OCH3 is 2. The van der Waals surface area contributed by atoms with Crippen LogP contribution in [-0.2, 0) is 0 Å². The summed E-state index contributed by atoms with van der Waals surface area (Å²) in [4.78, 5) is 0. The summed E-state index contributed by atoms with van der Waals surface area (Å²) < 4.78 is 10.5. The third kappa shape index (κ3) is 3.37. The normalized spacial score (nSPS) is 14.1. The number of nitrogens with one attached hydrogen (secondary N) is 1. The van der Waals surface area contributed by atoms with Crippen molar-refractivity contribution in [1.82, 2.24) is 5.32 Å². The van der Waals surface area contributed by atoms with E-state index in [1.165, 1.54) is 0 Å². The van der Waals surface area contributed by atoms with E-state index in [0.717, 1.165) is 30.0 Å². The molecule has 0 aromatic heterocycles. The van der Waals surface area contributed by atoms with E-state index in [9.17, 15) is 0 Å². The molecule has 4 heteroatoms. The number of ether oxygens (including phenoxy) is 2. The van der Waals surface area contributed by atoms with Crippen LogP contribution in [-0.4, -0.2) is 27.8 Å². The van der Waals surface area contributed by atoms with Crippen molar-refractivity contribution in [3.63, 3.8) is 0 Å². The molecule has 0 saturated heterocycles. The molecule has 2 atom stereocenters. The van der Waals surface area contributed by atoms with Gasteiger partial charge in [0.05, 0.1) is 14.2 Å². The van der Waals surface area contributed by atoms with Gasteiger partial charge in [0.1, 0.15) is 0 Å². The Morgan fingerprint density at radius 3 is 2.39 bits per heavy atom. The molecule has 0 radical (unpaired) electrons. The molecule has 102 valence electrons. The van der Waals surface area contributed by atoms with E-state index in [1.807, 2.05) is 25.2 Å². The molecule has 0 spiro atoms. The van der Waals surface area contributed by atoms with Crippen molar-refractivity contribution >= 4 is 0 Å². The van der Waals surface area contributed by atoms with Gasteiger partial charge in [0.15, 0.2) is 11.5 Å². The van der Waals surface area contributed by atoms with Crippen LogP contribution in [0.15, 0.2) is 18.2 Å². The van der Waals surface area contributed by atoms with Crippen LogP contribution >= 0.6 is 0 Å². The lowest BCUT2D eigenvalue weighted by atomic mass is 9.91. The third-order valence-electron chi connectivity index (χ3n) is 3.29. The van der Waals surface area contributed by atoms with Crippen LogP contribution in [0.4, 0.5) is 0 Å². The summed E-state index contributed by atoms with van der Waals surface area (Å²) >= 11 is 0. The summed E-state index contributed by atoms with van der Waals surface area (Å²) in [6.45, 7) is 3.06. The number of benzene rings is 1. The second-order valence-electron chi connectivity index (χ2n) is 4.37. The predicted molar refractivity (Wildman–Crippen MR) is 74.2 cm³/mol. The second-order valence-corrected chi connectivity index (χ2v) is 4.37. The minimum absolute atomic E-state index is 0.00209. The van der Waals surface area contributed by atoms with E-state index >= 15 is 0 Å². The number of rotatable bonds is 7. The van der Waals surface area contributed by atoms with Gasteiger partial charge in [0.2, 0.25) is 0 Å². The maximum atomic E-state index is 6.31. The first kappa shape index (κ1) is 14.8. The molecule has 0 amide bonds. The third-order valence-corrected chi connectivity index (χ3v) is 3.29. The molecular weight excluding hydrogens is 228 g/mol. The van der Waals surface area contributed by atoms with Gasteiger partial charge in [-0.3, -0.25) is 0 Å². The summed E-state index contributed by atoms with van der Waals surface area (Å²) in [5.41, 5.74) is 7.39. The van der Waals surface area contributed by atoms with Crippen LogP contribution in [0.3, 0.4) is 0 Å². The first-order chi connectivity index (χ1) is 8.67. The Morgan fingerprint density at radius 1 is 1.22 bits per heavy atom. The van der Waals surface area contributed by atoms with Gasteiger partial charge in [-0.15, -0.1) is 0 Å². The SMILES string of the molecule is CCC(CNC)C(N)c1ccc(OC)c(OC)c1. The Hall–Kier alpha value is -1.26. The van der Waals surface area contributed by atoms with E-state index in [-0.39, 0.29) is 6.04 Å². The van der Waals surface area contributed by atoms with Crippen molar-refractivity contribution in [2.75, 3.05) is 27.8 Å². The lowest BCUT2D eigenvalue weighted by Gasteiger charge is -2.23. The monoisotopic (exact) mass is 252 g/mol. The van der Waals surface area contributed by atoms with E-state index < -0.39 is 0 Å². The van der Waals surface area contributed by atoms with E-state index in [4.69, 9.17) is 15.2 Å². The molecule has 4 nitrogen and oxygen atoms in total. The van der Waals surface area contributed by atoms with Crippen molar-refractivity contribution in [2.45, 2.75) is 19.4 Å². The minimum Gasteiger partial charge on any atom is -0.493 e. The Balaban J connectivity index is 2.94. The highest BCUT2D eigenvalue weighted by molar-refractivity contribution is 5.43. The van der Waals surface area contributed by atoms with Crippen LogP contribution < -0.4 is 20.5 Å². The maximum Gasteiger partial charge on any atom is 0.161 e. The molecule has 1 aromatic carbocycles. The van der Waals surface area contributed by atoms with Crippen LogP contribution in [0.2, 0.25) is 0 Å². The molecule has 0 bridgehead atoms. The second kappa shape index (κ2) is 7.24. The number of hydrogen-bond acceptors (Lipinski definition) is 4. The largest absolute Gasteiger partial charge is 0.493 e. The maximum absolute atomic E-state index is 6.31. The molecule has 0 fully saturated rings. The van der Waals surface area contributed by atoms with Crippen LogP contribution in [0.5, 0.6) is 11.5 Å². The van der Waals surface area contributed by atoms with Gasteiger partial charge in [0, 0.05) is 6.04 Å². The highest BCUT2D eigenvalue weighted by Gasteiger charge is 2.18. The lowest BCUT2D eigenvalue weighted by molar-refractivity contribution is 0.352. The number of hydrogen-bond donors (Lipinski definition) is 2. The van der Waals surface area contributed by atoms with Crippen molar-refractivity contribution in [3.8, 4) is 11.5 Å². The Kier molecular flexibility index (Phi) is 5.95. The average molecular weight is 252 g/mol. The fourth-order valence-electron chi connectivity index (χ4n) is 2.12. The summed E-state index contributed by atoms with van der Waals surface area (Å²) in [5, 5.41) is 3.18. The van der Waals surface area contributed by atoms with Gasteiger partial charge in [-0.25, -0.2) is 0 Å². The first-order valence-corrected chi connectivity index (χ1v) is 6.30. The molecule has 1 rings (SSSR count). The van der Waals surface area contributed by atoms with Crippen LogP contribution in [0.1, 0.15) is 24.9 Å². The topological polar surface area (TPSA) is 56.5 Å². The fourth-order valence-corrected chi connectivity index (χ4v) is 2.12. The zero-order chi connectivity index (χ0) is 13.5. The number of nitrogens with two attached hydrogens (primary N) is 1. The van der Waals surface area contributed by atoms with Gasteiger partial charge >= 0.3 is 0 Å². The van der Waals surface area contributed by atoms with Crippen molar-refractivity contribution < 1.29 is 9.47 Å². The van der Waals surface area contributed by atoms with Crippen LogP contribution in [0.25, 0.3) is 0 Å². The van der Waals surface area contributed by atoms with Gasteiger partial charge in [-0.1, -0.05) is 19.4 Å². The summed E-state index contributed by atoms with van der Waals surface area (Å²) in [5.74, 6) is 1.87. The molecule has 18 heavy (non-hydrogen) atoms. The fraction of sp³-hybridized carbons (Fsp3) is 0.571. The smallest absolute Gasteiger partial charge is 0.161 e. The first-order valence-electron chi connectivity index (χ1n) is 6.30. The quantitative estimate of drug-likeness (QED) is 0.779. The van der Waals surface area contributed by atoms with Crippen molar-refractivity contribution in [1.29, 1.82) is 0 Å². The van der Waals surface area contributed by atoms with Crippen molar-refractivity contribution in [3.05, 3.63) is 23.8 Å². The summed E-state index contributed by atoms with van der Waals surface area (Å²) in [6, 6.07) is 5.87. The summed E-state index contributed by atoms with van der Waals surface area (Å²) in [7, 11) is 5.22. The lowest BCUT2D eigenvalue weighted by Crippen LogP contribution is -2.29. The molecule has 0 aliphatic rings. The standard InChI is InChI=1S/C14H24N2O2/c1-5-10(9-16-2)14(15)11-6-7-12(17-3)13(8-11)18-4/h6-8,10,14,16H,5,9,15H2,1-4H3. The van der Waals surface area contributed by atoms with Gasteiger partial charge in [0.25, 0.3) is 0 Å². The van der Waals surface area contributed by atoms with E-state index in [1.54, 1.807) is 14.2 Å². The Morgan fingerprint density at radius 2 is 1.89 bits per heavy atom. The predicted octanol–water partition coefficient (Wildman–Crippen LogP) is 1.95. The Labute approximate surface area is 109 Å². The molecule has 0 aliphatic heterocycles. The molecule has 2 unspecified atom stereocenters. The molecule has 0 aliphatic carbocycles. The molecular formula is C14H24N2O2. The van der Waals surface area contributed by atoms with E-state index in [2.05, 4.69) is 12.2 Å². The van der Waals surface area contributed by atoms with E-state index in [0.29, 0.717) is 5.92 Å². The summed E-state index contributed by atoms with van der Waals surface area (Å²) in [6.07, 6.45) is 1.04. The molecule has 1 aromatic rings. The highest BCUT2D eigenvalue weighted by atomic mass is 16.5. The zero-order valence-corrected chi connectivity index (χ0v) is 11.7. The van der Waals surface area contributed by atoms with Crippen LogP contribution in [0, 0.1) is 5.92 Å². The average Bonchev–Trinajstić information content (AvgIpc) is 2.43. The minimum atomic E-state index is 0.00209. The molecule has 3 N–H and O–H groups in total. The Bertz CT molecular complexity index is 369. The molecule has 0 saturated carbocycles. The van der Waals surface area contributed by atoms with Gasteiger partial charge in [-0.05, 0) is 37.2 Å². The van der Waals surface area contributed by atoms with Gasteiger partial charge in [-0.2, -0.15) is 0 Å².